The third-order valence-corrected chi connectivity index (χ3v) is 10.2. The number of aromatic amines is 2. The van der Waals surface area contributed by atoms with Crippen molar-refractivity contribution in [3.05, 3.63) is 120 Å². The highest BCUT2D eigenvalue weighted by molar-refractivity contribution is 6.11. The minimum absolute atomic E-state index is 0.942. The summed E-state index contributed by atoms with van der Waals surface area (Å²) in [5.74, 6) is 0. The van der Waals surface area contributed by atoms with Crippen molar-refractivity contribution in [1.29, 1.82) is 0 Å². The molecule has 0 atom stereocenters. The van der Waals surface area contributed by atoms with Crippen LogP contribution in [0.1, 0.15) is 50.7 Å². The molecule has 0 unspecified atom stereocenters. The van der Waals surface area contributed by atoms with Gasteiger partial charge in [0.2, 0.25) is 0 Å². The highest BCUT2D eigenvalue weighted by Gasteiger charge is 2.25. The molecule has 48 heavy (non-hydrogen) atoms. The van der Waals surface area contributed by atoms with Crippen LogP contribution in [0.15, 0.2) is 109 Å². The number of aromatic nitrogens is 4. The molecule has 9 rings (SSSR count). The van der Waals surface area contributed by atoms with E-state index in [2.05, 4.69) is 133 Å². The van der Waals surface area contributed by atoms with Gasteiger partial charge in [-0.3, -0.25) is 0 Å². The molecule has 0 saturated heterocycles. The Bertz CT molecular complexity index is 2380. The topological polar surface area (TPSA) is 57.4 Å². The first-order valence-corrected chi connectivity index (χ1v) is 17.5. The smallest absolute Gasteiger partial charge is 0.0769 e. The van der Waals surface area contributed by atoms with Crippen LogP contribution in [0.5, 0.6) is 0 Å². The maximum atomic E-state index is 5.68. The molecule has 3 aromatic heterocycles. The number of rotatable bonds is 6. The fourth-order valence-electron chi connectivity index (χ4n) is 7.81. The predicted octanol–water partition coefficient (Wildman–Crippen LogP) is 12.0. The molecule has 0 amide bonds. The number of aryl methyl sites for hydroxylation is 2. The molecule has 0 spiro atoms. The van der Waals surface area contributed by atoms with E-state index in [0.29, 0.717) is 0 Å². The van der Waals surface area contributed by atoms with Crippen LogP contribution in [-0.4, -0.2) is 19.9 Å². The van der Waals surface area contributed by atoms with Crippen molar-refractivity contribution in [2.45, 2.75) is 52.4 Å². The third kappa shape index (κ3) is 4.51. The summed E-state index contributed by atoms with van der Waals surface area (Å²) in [6.07, 6.45) is 6.28. The van der Waals surface area contributed by atoms with Gasteiger partial charge < -0.3 is 9.97 Å². The SMILES string of the molecule is CCCCc1c2nc(c(CCCC)c3[nH]c(cc4nc(cc5[nH]c1c1ccccc51)-c1ccccc1-4)c1ccccc31)-c1ccccc1-2. The number of benzene rings is 4. The van der Waals surface area contributed by atoms with E-state index in [-0.39, 0.29) is 0 Å². The van der Waals surface area contributed by atoms with Gasteiger partial charge in [-0.25, -0.2) is 9.97 Å². The largest absolute Gasteiger partial charge is 0.354 e. The monoisotopic (exact) mass is 622 g/mol. The number of hydrogen-bond acceptors (Lipinski definition) is 2. The van der Waals surface area contributed by atoms with Gasteiger partial charge in [-0.2, -0.15) is 0 Å². The summed E-state index contributed by atoms with van der Waals surface area (Å²) < 4.78 is 0. The molecule has 4 heteroatoms. The molecular formula is C44H38N4. The van der Waals surface area contributed by atoms with E-state index in [4.69, 9.17) is 9.97 Å². The summed E-state index contributed by atoms with van der Waals surface area (Å²) in [5, 5.41) is 4.86. The van der Waals surface area contributed by atoms with Crippen LogP contribution in [-0.2, 0) is 12.8 Å². The normalized spacial score (nSPS) is 12.0. The molecule has 4 aromatic carbocycles. The number of fused-ring (bicyclic) bond motifs is 20. The average molecular weight is 623 g/mol. The zero-order valence-electron chi connectivity index (χ0n) is 27.5. The summed E-state index contributed by atoms with van der Waals surface area (Å²) in [6, 6.07) is 39.5. The van der Waals surface area contributed by atoms with Gasteiger partial charge in [0.1, 0.15) is 0 Å². The van der Waals surface area contributed by atoms with Crippen molar-refractivity contribution in [3.63, 3.8) is 0 Å². The van der Waals surface area contributed by atoms with Crippen LogP contribution >= 0.6 is 0 Å². The number of H-pyrrole nitrogens is 2. The molecule has 0 saturated carbocycles. The van der Waals surface area contributed by atoms with Crippen LogP contribution in [0.2, 0.25) is 0 Å². The number of nitrogens with one attached hydrogen (secondary N) is 2. The summed E-state index contributed by atoms with van der Waals surface area (Å²) >= 11 is 0. The van der Waals surface area contributed by atoms with E-state index in [1.807, 2.05) is 0 Å². The van der Waals surface area contributed by atoms with Gasteiger partial charge in [-0.15, -0.1) is 0 Å². The summed E-state index contributed by atoms with van der Waals surface area (Å²) in [4.78, 5) is 18.9. The maximum Gasteiger partial charge on any atom is 0.0769 e. The molecular weight excluding hydrogens is 585 g/mol. The Morgan fingerprint density at radius 3 is 1.29 bits per heavy atom. The van der Waals surface area contributed by atoms with Gasteiger partial charge in [0.25, 0.3) is 0 Å². The van der Waals surface area contributed by atoms with Crippen LogP contribution < -0.4 is 0 Å². The third-order valence-electron chi connectivity index (χ3n) is 10.2. The van der Waals surface area contributed by atoms with Crippen LogP contribution in [0.25, 0.3) is 88.6 Å². The lowest BCUT2D eigenvalue weighted by Crippen LogP contribution is -1.92. The first kappa shape index (κ1) is 28.7. The number of hydrogen-bond donors (Lipinski definition) is 2. The standard InChI is InChI=1S/C44H38N4/c1-3-5-15-35-41-31-21-11-9-19-29(31)39(46-41)25-37-27-17-7-8-18-28(27)38(45-37)26-40-30-20-10-12-22-32(30)42(47-40)36(16-6-4-2)44-34-24-14-13-23-33(34)43(35)48-44/h7-14,17-26,46-47H,3-6,15-16H2,1-2H3. The molecule has 2 aliphatic rings. The maximum absolute atomic E-state index is 5.68. The molecule has 8 bridgehead atoms. The van der Waals surface area contributed by atoms with E-state index in [1.165, 1.54) is 43.8 Å². The van der Waals surface area contributed by atoms with Crippen LogP contribution in [0.4, 0.5) is 0 Å². The molecule has 2 aliphatic heterocycles. The lowest BCUT2D eigenvalue weighted by atomic mass is 9.95. The van der Waals surface area contributed by atoms with Crippen molar-refractivity contribution in [1.82, 2.24) is 19.9 Å². The highest BCUT2D eigenvalue weighted by atomic mass is 14.8. The van der Waals surface area contributed by atoms with Crippen molar-refractivity contribution >= 4 is 43.6 Å². The zero-order chi connectivity index (χ0) is 32.2. The molecule has 2 N–H and O–H groups in total. The second-order valence-electron chi connectivity index (χ2n) is 13.2. The van der Waals surface area contributed by atoms with Crippen LogP contribution in [0.3, 0.4) is 0 Å². The molecule has 234 valence electrons. The van der Waals surface area contributed by atoms with Crippen molar-refractivity contribution in [2.75, 3.05) is 0 Å². The second-order valence-corrected chi connectivity index (χ2v) is 13.2. The Hall–Kier alpha value is -5.48. The van der Waals surface area contributed by atoms with E-state index in [0.717, 1.165) is 94.5 Å². The minimum atomic E-state index is 0.942. The number of nitrogens with zero attached hydrogens (tertiary/aromatic N) is 2. The lowest BCUT2D eigenvalue weighted by molar-refractivity contribution is 0.795. The molecule has 0 fully saturated rings. The molecule has 7 aromatic rings. The van der Waals surface area contributed by atoms with Crippen molar-refractivity contribution in [2.24, 2.45) is 0 Å². The molecule has 4 nitrogen and oxygen atoms in total. The molecule has 0 aliphatic carbocycles. The number of unbranched alkanes of at least 4 members (excludes halogenated alkanes) is 2. The van der Waals surface area contributed by atoms with Crippen LogP contribution in [0, 0.1) is 0 Å². The van der Waals surface area contributed by atoms with E-state index >= 15 is 0 Å². The molecule has 5 heterocycles. The Morgan fingerprint density at radius 2 is 0.854 bits per heavy atom. The first-order valence-electron chi connectivity index (χ1n) is 17.5. The van der Waals surface area contributed by atoms with Gasteiger partial charge in [-0.1, -0.05) is 124 Å². The van der Waals surface area contributed by atoms with Gasteiger partial charge in [0, 0.05) is 66.0 Å². The average Bonchev–Trinajstić information content (AvgIpc) is 3.88. The zero-order valence-corrected chi connectivity index (χ0v) is 27.5. The van der Waals surface area contributed by atoms with Crippen molar-refractivity contribution in [3.8, 4) is 45.0 Å². The van der Waals surface area contributed by atoms with Crippen molar-refractivity contribution < 1.29 is 0 Å². The summed E-state index contributed by atoms with van der Waals surface area (Å²) in [6.45, 7) is 4.55. The fourth-order valence-corrected chi connectivity index (χ4v) is 7.81. The molecule has 0 radical (unpaired) electrons. The second kappa shape index (κ2) is 11.6. The predicted molar refractivity (Wildman–Crippen MR) is 202 cm³/mol. The Labute approximate surface area is 280 Å². The lowest BCUT2D eigenvalue weighted by Gasteiger charge is -2.07. The quantitative estimate of drug-likeness (QED) is 0.194. The summed E-state index contributed by atoms with van der Waals surface area (Å²) in [5.41, 5.74) is 15.9. The Morgan fingerprint density at radius 1 is 0.458 bits per heavy atom. The minimum Gasteiger partial charge on any atom is -0.354 e. The Kier molecular flexibility index (Phi) is 6.97. The van der Waals surface area contributed by atoms with E-state index in [1.54, 1.807) is 0 Å². The van der Waals surface area contributed by atoms with Gasteiger partial charge in [-0.05, 0) is 37.8 Å². The van der Waals surface area contributed by atoms with E-state index < -0.39 is 0 Å². The van der Waals surface area contributed by atoms with Gasteiger partial charge in [0.05, 0.1) is 33.8 Å². The fraction of sp³-hybridized carbons (Fsp3) is 0.182. The van der Waals surface area contributed by atoms with E-state index in [9.17, 15) is 0 Å². The van der Waals surface area contributed by atoms with Gasteiger partial charge >= 0.3 is 0 Å². The summed E-state index contributed by atoms with van der Waals surface area (Å²) in [7, 11) is 0. The van der Waals surface area contributed by atoms with Gasteiger partial charge in [0.15, 0.2) is 0 Å². The highest BCUT2D eigenvalue weighted by Crippen LogP contribution is 2.44. The first-order chi connectivity index (χ1) is 23.7. The Balaban J connectivity index is 1.55.